The fraction of sp³-hybridized carbons (Fsp3) is 0.910. The summed E-state index contributed by atoms with van der Waals surface area (Å²) < 4.78 is 68.9. The lowest BCUT2D eigenvalue weighted by atomic mass is 9.99. The van der Waals surface area contributed by atoms with Gasteiger partial charge in [-0.25, -0.2) is 9.13 Å². The van der Waals surface area contributed by atoms with Crippen LogP contribution in [-0.4, -0.2) is 96.7 Å². The fourth-order valence-electron chi connectivity index (χ4n) is 13.3. The standard InChI is InChI=1S/C89H170O17P2/c1-8-11-12-13-14-15-16-17-24-32-37-42-51-58-65-72-89(94)106-85(77-100-87(92)71-64-57-50-45-44-48-55-62-69-82(7)10-3)79-104-108(97,98)102-75-83(90)74-101-107(95,96)103-78-84(76-99-86(91)70-63-56-49-41-36-31-27-23-22-25-29-34-39-46-53-60-67-80(4)5)105-88(93)73-66-59-52-43-38-33-28-21-19-18-20-26-30-35-40-47-54-61-68-81(6)9-2/h15-17,24,80-85,90H,8-14,18-23,25-79H2,1-7H3,(H,95,96)(H,97,98)/b16-15-,24-17-/t81?,82?,83-,84-,85-/m1/s1. The van der Waals surface area contributed by atoms with E-state index in [9.17, 15) is 43.2 Å². The molecule has 0 fully saturated rings. The Kier molecular flexibility index (Phi) is 76.6. The molecule has 0 spiro atoms. The van der Waals surface area contributed by atoms with E-state index in [2.05, 4.69) is 72.8 Å². The predicted molar refractivity (Wildman–Crippen MR) is 446 cm³/mol. The number of carbonyl (C=O) groups is 4. The number of esters is 4. The van der Waals surface area contributed by atoms with Crippen LogP contribution in [0, 0.1) is 17.8 Å². The monoisotopic (exact) mass is 1570 g/mol. The molecule has 0 bridgehead atoms. The van der Waals surface area contributed by atoms with E-state index in [4.69, 9.17) is 37.0 Å². The maximum Gasteiger partial charge on any atom is 0.472 e. The third kappa shape index (κ3) is 78.8. The molecule has 0 aromatic carbocycles. The summed E-state index contributed by atoms with van der Waals surface area (Å²) in [5, 5.41) is 10.7. The molecule has 3 N–H and O–H groups in total. The lowest BCUT2D eigenvalue weighted by Crippen LogP contribution is -2.30. The van der Waals surface area contributed by atoms with Gasteiger partial charge in [0.2, 0.25) is 0 Å². The van der Waals surface area contributed by atoms with Gasteiger partial charge < -0.3 is 33.8 Å². The molecule has 0 aliphatic heterocycles. The van der Waals surface area contributed by atoms with Crippen LogP contribution in [0.3, 0.4) is 0 Å². The SMILES string of the molecule is CCCCCC/C=C\C=C/CCCCCCCC(=O)O[C@H](COC(=O)CCCCCCCCCCC(C)CC)COP(=O)(O)OC[C@H](O)COP(=O)(O)OC[C@@H](COC(=O)CCCCCCCCCCCCCCCCCCC(C)C)OC(=O)CCCCCCCCCCCCCCCCCCCCC(C)CC. The molecule has 0 saturated heterocycles. The van der Waals surface area contributed by atoms with Gasteiger partial charge in [-0.2, -0.15) is 0 Å². The van der Waals surface area contributed by atoms with Gasteiger partial charge in [-0.05, 0) is 69.1 Å². The van der Waals surface area contributed by atoms with Crippen LogP contribution in [0.15, 0.2) is 24.3 Å². The van der Waals surface area contributed by atoms with Crippen molar-refractivity contribution in [3.05, 3.63) is 24.3 Å². The van der Waals surface area contributed by atoms with Crippen LogP contribution in [0.2, 0.25) is 0 Å². The van der Waals surface area contributed by atoms with Crippen LogP contribution in [0.4, 0.5) is 0 Å². The van der Waals surface area contributed by atoms with Crippen molar-refractivity contribution in [2.24, 2.45) is 17.8 Å². The minimum atomic E-state index is -4.97. The Bertz CT molecular complexity index is 2180. The molecule has 0 aliphatic carbocycles. The zero-order chi connectivity index (χ0) is 79.3. The van der Waals surface area contributed by atoms with Crippen molar-refractivity contribution in [2.45, 2.75) is 465 Å². The van der Waals surface area contributed by atoms with Crippen LogP contribution < -0.4 is 0 Å². The van der Waals surface area contributed by atoms with E-state index < -0.39 is 97.5 Å². The highest BCUT2D eigenvalue weighted by molar-refractivity contribution is 7.47. The summed E-state index contributed by atoms with van der Waals surface area (Å²) in [7, 11) is -9.95. The molecule has 108 heavy (non-hydrogen) atoms. The van der Waals surface area contributed by atoms with Gasteiger partial charge in [0, 0.05) is 25.7 Å². The van der Waals surface area contributed by atoms with Crippen molar-refractivity contribution in [3.8, 4) is 0 Å². The second-order valence-electron chi connectivity index (χ2n) is 32.3. The van der Waals surface area contributed by atoms with Gasteiger partial charge in [-0.1, -0.05) is 394 Å². The van der Waals surface area contributed by atoms with Gasteiger partial charge in [0.25, 0.3) is 0 Å². The van der Waals surface area contributed by atoms with E-state index in [1.54, 1.807) is 0 Å². The van der Waals surface area contributed by atoms with Crippen LogP contribution >= 0.6 is 15.6 Å². The van der Waals surface area contributed by atoms with Crippen LogP contribution in [-0.2, 0) is 65.4 Å². The highest BCUT2D eigenvalue weighted by Gasteiger charge is 2.31. The summed E-state index contributed by atoms with van der Waals surface area (Å²) in [5.74, 6) is 0.324. The number of aliphatic hydroxyl groups excluding tert-OH is 1. The Balaban J connectivity index is 5.28. The molecule has 19 heteroatoms. The first-order valence-electron chi connectivity index (χ1n) is 45.2. The molecule has 0 amide bonds. The molecule has 17 nitrogen and oxygen atoms in total. The average molecular weight is 1570 g/mol. The minimum absolute atomic E-state index is 0.0847. The molecule has 0 aromatic rings. The number of carbonyl (C=O) groups excluding carboxylic acids is 4. The molecule has 0 rings (SSSR count). The van der Waals surface area contributed by atoms with Crippen LogP contribution in [0.1, 0.15) is 447 Å². The second kappa shape index (κ2) is 78.4. The Hall–Kier alpha value is -2.46. The number of unbranched alkanes of at least 4 members (excludes halogenated alkanes) is 48. The summed E-state index contributed by atoms with van der Waals surface area (Å²) in [6.45, 7) is 12.0. The van der Waals surface area contributed by atoms with E-state index in [1.165, 1.54) is 244 Å². The van der Waals surface area contributed by atoms with E-state index in [1.807, 2.05) is 0 Å². The Morgan fingerprint density at radius 1 is 0.306 bits per heavy atom. The quantitative estimate of drug-likeness (QED) is 0.0169. The molecule has 0 aliphatic rings. The predicted octanol–water partition coefficient (Wildman–Crippen LogP) is 26.8. The number of ether oxygens (including phenoxy) is 4. The maximum atomic E-state index is 13.2. The third-order valence-corrected chi connectivity index (χ3v) is 22.9. The van der Waals surface area contributed by atoms with Crippen molar-refractivity contribution in [2.75, 3.05) is 39.6 Å². The van der Waals surface area contributed by atoms with Gasteiger partial charge >= 0.3 is 39.5 Å². The van der Waals surface area contributed by atoms with Crippen molar-refractivity contribution in [1.29, 1.82) is 0 Å². The van der Waals surface area contributed by atoms with E-state index in [0.717, 1.165) is 120 Å². The molecule has 0 heterocycles. The molecule has 0 saturated carbocycles. The summed E-state index contributed by atoms with van der Waals surface area (Å²) >= 11 is 0. The minimum Gasteiger partial charge on any atom is -0.462 e. The molecule has 638 valence electrons. The average Bonchev–Trinajstić information content (AvgIpc) is 0.927. The number of rotatable bonds is 85. The number of aliphatic hydroxyl groups is 1. The highest BCUT2D eigenvalue weighted by Crippen LogP contribution is 2.45. The number of hydrogen-bond donors (Lipinski definition) is 3. The smallest absolute Gasteiger partial charge is 0.462 e. The van der Waals surface area contributed by atoms with Crippen molar-refractivity contribution in [1.82, 2.24) is 0 Å². The fourth-order valence-corrected chi connectivity index (χ4v) is 14.9. The topological polar surface area (TPSA) is 237 Å². The van der Waals surface area contributed by atoms with Gasteiger partial charge in [-0.15, -0.1) is 0 Å². The Morgan fingerprint density at radius 2 is 0.546 bits per heavy atom. The summed E-state index contributed by atoms with van der Waals surface area (Å²) in [5.41, 5.74) is 0. The van der Waals surface area contributed by atoms with Gasteiger partial charge in [0.05, 0.1) is 26.4 Å². The van der Waals surface area contributed by atoms with Crippen LogP contribution in [0.25, 0.3) is 0 Å². The van der Waals surface area contributed by atoms with E-state index in [0.29, 0.717) is 25.7 Å². The molecule has 4 unspecified atom stereocenters. The normalized spacial score (nSPS) is 14.5. The molecule has 0 radical (unpaired) electrons. The number of phosphoric acid groups is 2. The summed E-state index contributed by atoms with van der Waals surface area (Å²) in [6, 6.07) is 0. The zero-order valence-electron chi connectivity index (χ0n) is 70.8. The van der Waals surface area contributed by atoms with Gasteiger partial charge in [-0.3, -0.25) is 37.3 Å². The molecular weight excluding hydrogens is 1400 g/mol. The maximum absolute atomic E-state index is 13.2. The number of phosphoric ester groups is 2. The van der Waals surface area contributed by atoms with Gasteiger partial charge in [0.1, 0.15) is 19.3 Å². The van der Waals surface area contributed by atoms with E-state index >= 15 is 0 Å². The van der Waals surface area contributed by atoms with Crippen molar-refractivity contribution in [3.63, 3.8) is 0 Å². The summed E-state index contributed by atoms with van der Waals surface area (Å²) in [4.78, 5) is 73.3. The largest absolute Gasteiger partial charge is 0.472 e. The Labute approximate surface area is 663 Å². The number of allylic oxidation sites excluding steroid dienone is 4. The van der Waals surface area contributed by atoms with E-state index in [-0.39, 0.29) is 25.7 Å². The molecular formula is C89H170O17P2. The van der Waals surface area contributed by atoms with Crippen molar-refractivity contribution < 1.29 is 80.2 Å². The van der Waals surface area contributed by atoms with Crippen LogP contribution in [0.5, 0.6) is 0 Å². The first kappa shape index (κ1) is 106. The van der Waals surface area contributed by atoms with Crippen molar-refractivity contribution >= 4 is 39.5 Å². The first-order valence-corrected chi connectivity index (χ1v) is 48.2. The zero-order valence-corrected chi connectivity index (χ0v) is 72.6. The highest BCUT2D eigenvalue weighted by atomic mass is 31.2. The molecule has 7 atom stereocenters. The second-order valence-corrected chi connectivity index (χ2v) is 35.2. The first-order chi connectivity index (χ1) is 52.3. The summed E-state index contributed by atoms with van der Waals surface area (Å²) in [6.07, 6.45) is 72.9. The van der Waals surface area contributed by atoms with Gasteiger partial charge in [0.15, 0.2) is 12.2 Å². The lowest BCUT2D eigenvalue weighted by Gasteiger charge is -2.21. The molecule has 0 aromatic heterocycles. The Morgan fingerprint density at radius 3 is 0.824 bits per heavy atom. The third-order valence-electron chi connectivity index (χ3n) is 21.0. The number of hydrogen-bond acceptors (Lipinski definition) is 15. The lowest BCUT2D eigenvalue weighted by molar-refractivity contribution is -0.161.